The van der Waals surface area contributed by atoms with Crippen LogP contribution in [0.3, 0.4) is 0 Å². The van der Waals surface area contributed by atoms with E-state index < -0.39 is 18.5 Å². The van der Waals surface area contributed by atoms with Gasteiger partial charge in [0.15, 0.2) is 5.16 Å². The number of halogens is 2. The Hall–Kier alpha value is -1.63. The lowest BCUT2D eigenvalue weighted by Gasteiger charge is -2.06. The molecule has 0 aliphatic heterocycles. The average Bonchev–Trinajstić information content (AvgIpc) is 2.70. The molecular formula is C12H12F2N2O2S. The molecule has 0 spiro atoms. The number of nitrogens with zero attached hydrogens (tertiary/aromatic N) is 2. The quantitative estimate of drug-likeness (QED) is 0.830. The molecule has 0 aliphatic carbocycles. The SMILES string of the molecule is O=C(O)CSc1nc2cc(F)ccc2n1CCCF. The molecule has 0 aliphatic rings. The number of aromatic nitrogens is 2. The first kappa shape index (κ1) is 13.8. The number of carboxylic acid groups (broad SMARTS) is 1. The minimum atomic E-state index is -0.958. The molecule has 0 saturated heterocycles. The summed E-state index contributed by atoms with van der Waals surface area (Å²) in [7, 11) is 0. The van der Waals surface area contributed by atoms with Gasteiger partial charge in [0, 0.05) is 12.6 Å². The Morgan fingerprint density at radius 1 is 1.47 bits per heavy atom. The van der Waals surface area contributed by atoms with Gasteiger partial charge in [-0.25, -0.2) is 9.37 Å². The van der Waals surface area contributed by atoms with Crippen LogP contribution in [0, 0.1) is 5.82 Å². The van der Waals surface area contributed by atoms with Gasteiger partial charge in [-0.2, -0.15) is 0 Å². The maximum absolute atomic E-state index is 13.1. The summed E-state index contributed by atoms with van der Waals surface area (Å²) in [5.41, 5.74) is 1.13. The van der Waals surface area contributed by atoms with Crippen molar-refractivity contribution in [1.82, 2.24) is 9.55 Å². The van der Waals surface area contributed by atoms with Crippen molar-refractivity contribution in [1.29, 1.82) is 0 Å². The van der Waals surface area contributed by atoms with Gasteiger partial charge in [0.1, 0.15) is 5.82 Å². The predicted octanol–water partition coefficient (Wildman–Crippen LogP) is 2.71. The maximum atomic E-state index is 13.1. The first-order valence-corrected chi connectivity index (χ1v) is 6.66. The van der Waals surface area contributed by atoms with Crippen molar-refractivity contribution in [2.24, 2.45) is 0 Å². The summed E-state index contributed by atoms with van der Waals surface area (Å²) in [6.07, 6.45) is 0.309. The Bertz CT molecular complexity index is 601. The third kappa shape index (κ3) is 3.23. The van der Waals surface area contributed by atoms with Crippen LogP contribution in [0.2, 0.25) is 0 Å². The van der Waals surface area contributed by atoms with Gasteiger partial charge in [-0.15, -0.1) is 0 Å². The molecule has 0 bridgehead atoms. The van der Waals surface area contributed by atoms with Crippen molar-refractivity contribution in [2.75, 3.05) is 12.4 Å². The molecule has 1 aromatic heterocycles. The molecule has 2 rings (SSSR count). The molecule has 1 N–H and O–H groups in total. The molecule has 0 fully saturated rings. The number of hydrogen-bond acceptors (Lipinski definition) is 3. The number of imidazole rings is 1. The van der Waals surface area contributed by atoms with E-state index in [4.69, 9.17) is 5.11 Å². The minimum absolute atomic E-state index is 0.137. The number of alkyl halides is 1. The molecular weight excluding hydrogens is 274 g/mol. The van der Waals surface area contributed by atoms with E-state index in [9.17, 15) is 13.6 Å². The van der Waals surface area contributed by atoms with Crippen LogP contribution in [-0.2, 0) is 11.3 Å². The van der Waals surface area contributed by atoms with E-state index in [0.717, 1.165) is 11.8 Å². The fraction of sp³-hybridized carbons (Fsp3) is 0.333. The third-order valence-electron chi connectivity index (χ3n) is 2.52. The first-order chi connectivity index (χ1) is 9.11. The van der Waals surface area contributed by atoms with Crippen LogP contribution < -0.4 is 0 Å². The molecule has 19 heavy (non-hydrogen) atoms. The highest BCUT2D eigenvalue weighted by Gasteiger charge is 2.13. The number of carboxylic acids is 1. The summed E-state index contributed by atoms with van der Waals surface area (Å²) in [4.78, 5) is 14.8. The number of fused-ring (bicyclic) bond motifs is 1. The van der Waals surface area contributed by atoms with Crippen LogP contribution in [0.4, 0.5) is 8.78 Å². The lowest BCUT2D eigenvalue weighted by Crippen LogP contribution is -2.04. The zero-order valence-electron chi connectivity index (χ0n) is 9.97. The molecule has 1 aromatic carbocycles. The smallest absolute Gasteiger partial charge is 0.313 e. The predicted molar refractivity (Wildman–Crippen MR) is 68.6 cm³/mol. The van der Waals surface area contributed by atoms with Gasteiger partial charge in [0.2, 0.25) is 0 Å². The highest BCUT2D eigenvalue weighted by Crippen LogP contribution is 2.25. The van der Waals surface area contributed by atoms with Crippen LogP contribution in [0.5, 0.6) is 0 Å². The van der Waals surface area contributed by atoms with Gasteiger partial charge in [-0.1, -0.05) is 11.8 Å². The summed E-state index contributed by atoms with van der Waals surface area (Å²) in [6.45, 7) is -0.0789. The second kappa shape index (κ2) is 6.01. The number of aliphatic carboxylic acids is 1. The third-order valence-corrected chi connectivity index (χ3v) is 3.48. The van der Waals surface area contributed by atoms with Gasteiger partial charge in [-0.3, -0.25) is 9.18 Å². The molecule has 0 saturated carbocycles. The van der Waals surface area contributed by atoms with Crippen molar-refractivity contribution >= 4 is 28.8 Å². The number of hydrogen-bond donors (Lipinski definition) is 1. The van der Waals surface area contributed by atoms with Crippen LogP contribution in [0.15, 0.2) is 23.4 Å². The molecule has 4 nitrogen and oxygen atoms in total. The molecule has 1 heterocycles. The van der Waals surface area contributed by atoms with E-state index in [1.165, 1.54) is 12.1 Å². The van der Waals surface area contributed by atoms with Gasteiger partial charge >= 0.3 is 5.97 Å². The summed E-state index contributed by atoms with van der Waals surface area (Å²) in [5.74, 6) is -1.50. The fourth-order valence-electron chi connectivity index (χ4n) is 1.75. The number of benzene rings is 1. The highest BCUT2D eigenvalue weighted by atomic mass is 32.2. The zero-order valence-corrected chi connectivity index (χ0v) is 10.8. The topological polar surface area (TPSA) is 55.1 Å². The van der Waals surface area contributed by atoms with E-state index in [1.54, 1.807) is 10.6 Å². The van der Waals surface area contributed by atoms with Crippen LogP contribution in [0.25, 0.3) is 11.0 Å². The van der Waals surface area contributed by atoms with E-state index in [0.29, 0.717) is 29.2 Å². The van der Waals surface area contributed by atoms with E-state index in [-0.39, 0.29) is 5.75 Å². The minimum Gasteiger partial charge on any atom is -0.481 e. The van der Waals surface area contributed by atoms with Crippen molar-refractivity contribution in [3.8, 4) is 0 Å². The van der Waals surface area contributed by atoms with E-state index in [2.05, 4.69) is 4.98 Å². The molecule has 7 heteroatoms. The summed E-state index contributed by atoms with van der Waals surface area (Å²) in [6, 6.07) is 4.16. The van der Waals surface area contributed by atoms with Gasteiger partial charge in [0.05, 0.1) is 23.5 Å². The molecule has 2 aromatic rings. The van der Waals surface area contributed by atoms with Crippen LogP contribution >= 0.6 is 11.8 Å². The lowest BCUT2D eigenvalue weighted by atomic mass is 10.3. The number of thioether (sulfide) groups is 1. The second-order valence-electron chi connectivity index (χ2n) is 3.90. The Balaban J connectivity index is 2.38. The largest absolute Gasteiger partial charge is 0.481 e. The monoisotopic (exact) mass is 286 g/mol. The van der Waals surface area contributed by atoms with Gasteiger partial charge in [-0.05, 0) is 18.6 Å². The van der Waals surface area contributed by atoms with Crippen molar-refractivity contribution < 1.29 is 18.7 Å². The molecule has 0 unspecified atom stereocenters. The zero-order chi connectivity index (χ0) is 13.8. The Kier molecular flexibility index (Phi) is 4.36. The first-order valence-electron chi connectivity index (χ1n) is 5.68. The standard InChI is InChI=1S/C12H12F2N2O2S/c13-4-1-5-16-10-3-2-8(14)6-9(10)15-12(16)19-7-11(17)18/h2-3,6H,1,4-5,7H2,(H,17,18). The maximum Gasteiger partial charge on any atom is 0.313 e. The number of carbonyl (C=O) groups is 1. The Morgan fingerprint density at radius 3 is 2.95 bits per heavy atom. The van der Waals surface area contributed by atoms with Crippen molar-refractivity contribution in [3.63, 3.8) is 0 Å². The molecule has 102 valence electrons. The number of aryl methyl sites for hydroxylation is 1. The van der Waals surface area contributed by atoms with E-state index >= 15 is 0 Å². The van der Waals surface area contributed by atoms with Gasteiger partial charge < -0.3 is 9.67 Å². The average molecular weight is 286 g/mol. The highest BCUT2D eigenvalue weighted by molar-refractivity contribution is 7.99. The Morgan fingerprint density at radius 2 is 2.26 bits per heavy atom. The Labute approximate surface area is 112 Å². The van der Waals surface area contributed by atoms with Crippen LogP contribution in [0.1, 0.15) is 6.42 Å². The number of rotatable bonds is 6. The summed E-state index contributed by atoms with van der Waals surface area (Å²) < 4.78 is 27.2. The van der Waals surface area contributed by atoms with Gasteiger partial charge in [0.25, 0.3) is 0 Å². The normalized spacial score (nSPS) is 11.1. The second-order valence-corrected chi connectivity index (χ2v) is 4.85. The fourth-order valence-corrected chi connectivity index (χ4v) is 2.51. The summed E-state index contributed by atoms with van der Waals surface area (Å²) in [5, 5.41) is 9.15. The van der Waals surface area contributed by atoms with E-state index in [1.807, 2.05) is 0 Å². The molecule has 0 amide bonds. The molecule has 0 atom stereocenters. The lowest BCUT2D eigenvalue weighted by molar-refractivity contribution is -0.133. The van der Waals surface area contributed by atoms with Crippen LogP contribution in [-0.4, -0.2) is 33.1 Å². The van der Waals surface area contributed by atoms with Crippen molar-refractivity contribution in [2.45, 2.75) is 18.1 Å². The summed E-state index contributed by atoms with van der Waals surface area (Å²) >= 11 is 1.04. The molecule has 0 radical (unpaired) electrons. The van der Waals surface area contributed by atoms with Crippen molar-refractivity contribution in [3.05, 3.63) is 24.0 Å².